The predicted molar refractivity (Wildman–Crippen MR) is 111 cm³/mol. The number of nitrogens with zero attached hydrogens (tertiary/aromatic N) is 4. The van der Waals surface area contributed by atoms with Gasteiger partial charge >= 0.3 is 5.69 Å². The molecule has 2 aromatic heterocycles. The number of hydrogen-bond acceptors (Lipinski definition) is 8. The first-order chi connectivity index (χ1) is 13.3. The molecule has 1 amide bonds. The van der Waals surface area contributed by atoms with Crippen molar-refractivity contribution in [1.82, 2.24) is 19.6 Å². The van der Waals surface area contributed by atoms with Crippen molar-refractivity contribution in [2.45, 2.75) is 37.4 Å². The molecule has 0 atom stereocenters. The summed E-state index contributed by atoms with van der Waals surface area (Å²) in [5.74, 6) is 1.35. The molecule has 0 aliphatic rings. The van der Waals surface area contributed by atoms with Crippen LogP contribution in [0.25, 0.3) is 4.96 Å². The average Bonchev–Trinajstić information content (AvgIpc) is 3.03. The van der Waals surface area contributed by atoms with Gasteiger partial charge in [0, 0.05) is 11.1 Å². The summed E-state index contributed by atoms with van der Waals surface area (Å²) in [6, 6.07) is 7.21. The zero-order chi connectivity index (χ0) is 20.3. The molecule has 2 heterocycles. The van der Waals surface area contributed by atoms with Crippen LogP contribution in [0, 0.1) is 0 Å². The van der Waals surface area contributed by atoms with Crippen LogP contribution in [0.5, 0.6) is 5.75 Å². The van der Waals surface area contributed by atoms with Crippen LogP contribution in [0.2, 0.25) is 0 Å². The second-order valence-electron chi connectivity index (χ2n) is 6.94. The van der Waals surface area contributed by atoms with E-state index in [0.717, 1.165) is 5.75 Å². The Morgan fingerprint density at radius 2 is 1.96 bits per heavy atom. The van der Waals surface area contributed by atoms with E-state index in [2.05, 4.69) is 20.4 Å². The number of rotatable bonds is 6. The Labute approximate surface area is 170 Å². The van der Waals surface area contributed by atoms with Gasteiger partial charge in [-0.3, -0.25) is 4.79 Å². The van der Waals surface area contributed by atoms with Crippen LogP contribution in [-0.2, 0) is 10.2 Å². The van der Waals surface area contributed by atoms with E-state index in [4.69, 9.17) is 4.74 Å². The summed E-state index contributed by atoms with van der Waals surface area (Å²) < 4.78 is 7.61. The largest absolute Gasteiger partial charge is 0.494 e. The molecule has 3 rings (SSSR count). The van der Waals surface area contributed by atoms with Crippen LogP contribution >= 0.6 is 23.1 Å². The lowest BCUT2D eigenvalue weighted by Gasteiger charge is -2.16. The lowest BCUT2D eigenvalue weighted by Crippen LogP contribution is -2.26. The van der Waals surface area contributed by atoms with Crippen LogP contribution in [0.1, 0.15) is 33.5 Å². The van der Waals surface area contributed by atoms with Gasteiger partial charge in [0.2, 0.25) is 10.9 Å². The molecule has 0 aliphatic heterocycles. The normalized spacial score (nSPS) is 11.6. The standard InChI is InChI=1S/C18H21N5O3S2/c1-5-26-12-8-6-11(7-9-12)19-13(24)10-27-17-22-23-14(18(2,3)4)20-15(25)21-16(23)28-17/h6-9H,5,10H2,1-4H3,(H,19,24). The van der Waals surface area contributed by atoms with Crippen LogP contribution in [0.4, 0.5) is 5.69 Å². The second kappa shape index (κ2) is 8.27. The molecule has 0 unspecified atom stereocenters. The van der Waals surface area contributed by atoms with Gasteiger partial charge in [0.1, 0.15) is 11.6 Å². The highest BCUT2D eigenvalue weighted by Gasteiger charge is 2.23. The van der Waals surface area contributed by atoms with Gasteiger partial charge in [-0.05, 0) is 31.2 Å². The minimum Gasteiger partial charge on any atom is -0.494 e. The SMILES string of the molecule is CCOc1ccc(NC(=O)CSc2nn3c(C(C)(C)C)nc(=O)nc3s2)cc1. The van der Waals surface area contributed by atoms with Gasteiger partial charge in [-0.25, -0.2) is 4.79 Å². The molecule has 0 aliphatic carbocycles. The third-order valence-electron chi connectivity index (χ3n) is 3.58. The number of nitrogens with one attached hydrogen (secondary N) is 1. The summed E-state index contributed by atoms with van der Waals surface area (Å²) in [6.45, 7) is 8.38. The number of hydrogen-bond donors (Lipinski definition) is 1. The molecule has 3 aromatic rings. The predicted octanol–water partition coefficient (Wildman–Crippen LogP) is 2.97. The Bertz CT molecular complexity index is 1040. The van der Waals surface area contributed by atoms with E-state index in [1.807, 2.05) is 39.8 Å². The average molecular weight is 420 g/mol. The second-order valence-corrected chi connectivity index (χ2v) is 9.11. The molecule has 0 bridgehead atoms. The maximum absolute atomic E-state index is 12.2. The number of carbonyl (C=O) groups excluding carboxylic acids is 1. The van der Waals surface area contributed by atoms with Crippen molar-refractivity contribution in [3.05, 3.63) is 40.6 Å². The van der Waals surface area contributed by atoms with Gasteiger partial charge in [0.15, 0.2) is 4.34 Å². The van der Waals surface area contributed by atoms with Crippen molar-refractivity contribution < 1.29 is 9.53 Å². The molecule has 0 saturated heterocycles. The molecule has 1 aromatic carbocycles. The van der Waals surface area contributed by atoms with Crippen LogP contribution in [0.3, 0.4) is 0 Å². The summed E-state index contributed by atoms with van der Waals surface area (Å²) in [7, 11) is 0. The molecule has 0 spiro atoms. The van der Waals surface area contributed by atoms with E-state index in [0.29, 0.717) is 27.4 Å². The fraction of sp³-hybridized carbons (Fsp3) is 0.389. The number of aromatic nitrogens is 4. The fourth-order valence-electron chi connectivity index (χ4n) is 2.39. The number of thioether (sulfide) groups is 1. The van der Waals surface area contributed by atoms with Gasteiger partial charge in [0.25, 0.3) is 0 Å². The summed E-state index contributed by atoms with van der Waals surface area (Å²) in [5, 5.41) is 7.31. The maximum Gasteiger partial charge on any atom is 0.371 e. The Morgan fingerprint density at radius 1 is 1.25 bits per heavy atom. The molecule has 28 heavy (non-hydrogen) atoms. The number of carbonyl (C=O) groups is 1. The lowest BCUT2D eigenvalue weighted by atomic mass is 9.96. The van der Waals surface area contributed by atoms with Crippen molar-refractivity contribution in [1.29, 1.82) is 0 Å². The highest BCUT2D eigenvalue weighted by molar-refractivity contribution is 8.01. The van der Waals surface area contributed by atoms with E-state index in [-0.39, 0.29) is 17.1 Å². The molecule has 0 radical (unpaired) electrons. The monoisotopic (exact) mass is 419 g/mol. The van der Waals surface area contributed by atoms with Gasteiger partial charge in [-0.15, -0.1) is 5.10 Å². The number of amides is 1. The molecular formula is C18H21N5O3S2. The molecule has 8 nitrogen and oxygen atoms in total. The quantitative estimate of drug-likeness (QED) is 0.613. The third-order valence-corrected chi connectivity index (χ3v) is 5.62. The molecule has 1 N–H and O–H groups in total. The minimum absolute atomic E-state index is 0.148. The van der Waals surface area contributed by atoms with Crippen LogP contribution in [0.15, 0.2) is 33.4 Å². The number of fused-ring (bicyclic) bond motifs is 1. The van der Waals surface area contributed by atoms with Crippen molar-refractivity contribution in [3.63, 3.8) is 0 Å². The molecule has 0 fully saturated rings. The van der Waals surface area contributed by atoms with E-state index in [1.165, 1.54) is 23.1 Å². The fourth-order valence-corrected chi connectivity index (χ4v) is 4.11. The minimum atomic E-state index is -0.529. The van der Waals surface area contributed by atoms with Gasteiger partial charge < -0.3 is 10.1 Å². The van der Waals surface area contributed by atoms with Crippen molar-refractivity contribution in [2.24, 2.45) is 0 Å². The first kappa shape index (κ1) is 20.3. The summed E-state index contributed by atoms with van der Waals surface area (Å²) >= 11 is 2.55. The van der Waals surface area contributed by atoms with E-state index >= 15 is 0 Å². The smallest absolute Gasteiger partial charge is 0.371 e. The zero-order valence-electron chi connectivity index (χ0n) is 16.1. The molecule has 0 saturated carbocycles. The third kappa shape index (κ3) is 4.87. The number of anilines is 1. The summed E-state index contributed by atoms with van der Waals surface area (Å²) in [5.41, 5.74) is -0.186. The zero-order valence-corrected chi connectivity index (χ0v) is 17.7. The number of benzene rings is 1. The maximum atomic E-state index is 12.2. The topological polar surface area (TPSA) is 98.5 Å². The van der Waals surface area contributed by atoms with Crippen molar-refractivity contribution >= 4 is 39.7 Å². The van der Waals surface area contributed by atoms with Crippen LogP contribution < -0.4 is 15.7 Å². The molecule has 148 valence electrons. The highest BCUT2D eigenvalue weighted by Crippen LogP contribution is 2.27. The molecule has 10 heteroatoms. The summed E-state index contributed by atoms with van der Waals surface area (Å²) in [6.07, 6.45) is 0. The first-order valence-electron chi connectivity index (χ1n) is 8.70. The van der Waals surface area contributed by atoms with E-state index in [9.17, 15) is 9.59 Å². The van der Waals surface area contributed by atoms with Gasteiger partial charge in [-0.2, -0.15) is 14.5 Å². The van der Waals surface area contributed by atoms with E-state index in [1.54, 1.807) is 16.6 Å². The Hall–Kier alpha value is -2.46. The lowest BCUT2D eigenvalue weighted by molar-refractivity contribution is -0.113. The van der Waals surface area contributed by atoms with Crippen LogP contribution in [-0.4, -0.2) is 37.8 Å². The molecular weight excluding hydrogens is 398 g/mol. The Kier molecular flexibility index (Phi) is 5.99. The Balaban J connectivity index is 1.68. The van der Waals surface area contributed by atoms with Gasteiger partial charge in [0.05, 0.1) is 12.4 Å². The van der Waals surface area contributed by atoms with E-state index < -0.39 is 5.69 Å². The number of ether oxygens (including phenoxy) is 1. The Morgan fingerprint density at radius 3 is 2.61 bits per heavy atom. The van der Waals surface area contributed by atoms with Crippen molar-refractivity contribution in [3.8, 4) is 5.75 Å². The van der Waals surface area contributed by atoms with Crippen molar-refractivity contribution in [2.75, 3.05) is 17.7 Å². The van der Waals surface area contributed by atoms with Gasteiger partial charge in [-0.1, -0.05) is 43.9 Å². The highest BCUT2D eigenvalue weighted by atomic mass is 32.2. The first-order valence-corrected chi connectivity index (χ1v) is 10.5. The summed E-state index contributed by atoms with van der Waals surface area (Å²) in [4.78, 5) is 32.4.